The van der Waals surface area contributed by atoms with Crippen molar-refractivity contribution in [2.24, 2.45) is 0 Å². The summed E-state index contributed by atoms with van der Waals surface area (Å²) in [6.45, 7) is 3.51. The van der Waals surface area contributed by atoms with Crippen molar-refractivity contribution in [1.29, 1.82) is 0 Å². The third-order valence-corrected chi connectivity index (χ3v) is 3.24. The monoisotopic (exact) mass is 318 g/mol. The molecule has 0 unspecified atom stereocenters. The zero-order chi connectivity index (χ0) is 13.6. The predicted molar refractivity (Wildman–Crippen MR) is 64.9 cm³/mol. The summed E-state index contributed by atoms with van der Waals surface area (Å²) in [6, 6.07) is 0.963. The van der Waals surface area contributed by atoms with E-state index in [9.17, 15) is 13.6 Å². The molecular formula is C12H9BrF2O3. The quantitative estimate of drug-likeness (QED) is 0.840. The molecule has 6 heteroatoms. The summed E-state index contributed by atoms with van der Waals surface area (Å²) in [5.41, 5.74) is -0.0220. The van der Waals surface area contributed by atoms with E-state index in [0.29, 0.717) is 5.56 Å². The van der Waals surface area contributed by atoms with Gasteiger partial charge in [-0.15, -0.1) is 0 Å². The minimum atomic E-state index is -1.30. The Hall–Kier alpha value is -1.43. The Labute approximate surface area is 110 Å². The minimum Gasteiger partial charge on any atom is -0.475 e. The van der Waals surface area contributed by atoms with Gasteiger partial charge in [0.05, 0.1) is 0 Å². The molecule has 0 saturated carbocycles. The van der Waals surface area contributed by atoms with Gasteiger partial charge in [-0.05, 0) is 27.9 Å². The van der Waals surface area contributed by atoms with E-state index in [0.717, 1.165) is 6.07 Å². The molecular weight excluding hydrogens is 310 g/mol. The third kappa shape index (κ3) is 1.80. The lowest BCUT2D eigenvalue weighted by Crippen LogP contribution is -2.00. The Balaban J connectivity index is 2.98. The maximum atomic E-state index is 13.6. The van der Waals surface area contributed by atoms with Gasteiger partial charge in [-0.3, -0.25) is 0 Å². The molecule has 0 spiro atoms. The number of hydrogen-bond acceptors (Lipinski definition) is 2. The second kappa shape index (κ2) is 4.35. The first-order valence-corrected chi connectivity index (χ1v) is 5.97. The molecule has 0 atom stereocenters. The lowest BCUT2D eigenvalue weighted by Gasteiger charge is -2.05. The van der Waals surface area contributed by atoms with E-state index in [4.69, 9.17) is 9.52 Å². The summed E-state index contributed by atoms with van der Waals surface area (Å²) in [7, 11) is 0. The molecule has 0 aliphatic heterocycles. The van der Waals surface area contributed by atoms with Crippen LogP contribution in [0.15, 0.2) is 15.0 Å². The Morgan fingerprint density at radius 1 is 1.44 bits per heavy atom. The fourth-order valence-corrected chi connectivity index (χ4v) is 2.50. The van der Waals surface area contributed by atoms with E-state index >= 15 is 0 Å². The molecule has 18 heavy (non-hydrogen) atoms. The standard InChI is InChI=1S/C12H9BrF2O3/c1-4(2)7-8-5(13)3-6(14)9(15)10(8)18-11(7)12(16)17/h3-4H,1-2H3,(H,16,17). The molecule has 0 radical (unpaired) electrons. The van der Waals surface area contributed by atoms with Crippen molar-refractivity contribution in [3.8, 4) is 0 Å². The molecule has 1 N–H and O–H groups in total. The van der Waals surface area contributed by atoms with Crippen molar-refractivity contribution in [2.75, 3.05) is 0 Å². The number of carbonyl (C=O) groups is 1. The van der Waals surface area contributed by atoms with E-state index in [2.05, 4.69) is 15.9 Å². The van der Waals surface area contributed by atoms with Gasteiger partial charge in [0.25, 0.3) is 0 Å². The Morgan fingerprint density at radius 2 is 2.06 bits per heavy atom. The average molecular weight is 319 g/mol. The molecule has 1 aromatic heterocycles. The van der Waals surface area contributed by atoms with Crippen LogP contribution in [0.1, 0.15) is 35.9 Å². The summed E-state index contributed by atoms with van der Waals surface area (Å²) >= 11 is 3.10. The molecule has 0 fully saturated rings. The van der Waals surface area contributed by atoms with Crippen LogP contribution in [0.3, 0.4) is 0 Å². The Bertz CT molecular complexity index is 647. The van der Waals surface area contributed by atoms with Gasteiger partial charge in [0.1, 0.15) is 0 Å². The highest BCUT2D eigenvalue weighted by Crippen LogP contribution is 2.38. The van der Waals surface area contributed by atoms with Crippen molar-refractivity contribution in [1.82, 2.24) is 0 Å². The summed E-state index contributed by atoms with van der Waals surface area (Å²) in [5, 5.41) is 9.31. The molecule has 0 aliphatic carbocycles. The maximum absolute atomic E-state index is 13.6. The van der Waals surface area contributed by atoms with Crippen molar-refractivity contribution >= 4 is 32.9 Å². The third-order valence-electron chi connectivity index (χ3n) is 2.62. The molecule has 3 nitrogen and oxygen atoms in total. The number of furan rings is 1. The van der Waals surface area contributed by atoms with Crippen LogP contribution in [0.5, 0.6) is 0 Å². The molecule has 0 saturated heterocycles. The lowest BCUT2D eigenvalue weighted by molar-refractivity contribution is 0.0662. The van der Waals surface area contributed by atoms with Crippen molar-refractivity contribution < 1.29 is 23.1 Å². The Kier molecular flexibility index (Phi) is 3.14. The van der Waals surface area contributed by atoms with Gasteiger partial charge in [0.15, 0.2) is 11.4 Å². The molecule has 0 bridgehead atoms. The number of halogens is 3. The molecule has 96 valence electrons. The maximum Gasteiger partial charge on any atom is 0.372 e. The lowest BCUT2D eigenvalue weighted by atomic mass is 9.99. The van der Waals surface area contributed by atoms with E-state index in [1.54, 1.807) is 13.8 Å². The van der Waals surface area contributed by atoms with Gasteiger partial charge in [-0.1, -0.05) is 13.8 Å². The molecule has 2 aromatic rings. The first kappa shape index (κ1) is 13.0. The van der Waals surface area contributed by atoms with Gasteiger partial charge >= 0.3 is 5.97 Å². The zero-order valence-corrected chi connectivity index (χ0v) is 11.1. The van der Waals surface area contributed by atoms with Crippen molar-refractivity contribution in [3.63, 3.8) is 0 Å². The van der Waals surface area contributed by atoms with Crippen LogP contribution in [0.4, 0.5) is 8.78 Å². The second-order valence-corrected chi connectivity index (χ2v) is 5.02. The van der Waals surface area contributed by atoms with E-state index in [1.807, 2.05) is 0 Å². The first-order valence-electron chi connectivity index (χ1n) is 5.17. The van der Waals surface area contributed by atoms with Crippen LogP contribution in [-0.4, -0.2) is 11.1 Å². The van der Waals surface area contributed by atoms with Crippen LogP contribution in [-0.2, 0) is 0 Å². The van der Waals surface area contributed by atoms with Crippen LogP contribution in [0.2, 0.25) is 0 Å². The summed E-state index contributed by atoms with van der Waals surface area (Å²) in [5.74, 6) is -4.12. The number of rotatable bonds is 2. The van der Waals surface area contributed by atoms with Gasteiger partial charge in [-0.2, -0.15) is 4.39 Å². The normalized spacial score (nSPS) is 11.4. The fraction of sp³-hybridized carbons (Fsp3) is 0.250. The smallest absolute Gasteiger partial charge is 0.372 e. The van der Waals surface area contributed by atoms with Crippen LogP contribution in [0.25, 0.3) is 11.0 Å². The molecule has 0 amide bonds. The number of carboxylic acid groups (broad SMARTS) is 1. The van der Waals surface area contributed by atoms with Crippen LogP contribution in [0, 0.1) is 11.6 Å². The highest BCUT2D eigenvalue weighted by Gasteiger charge is 2.27. The molecule has 0 aliphatic rings. The largest absolute Gasteiger partial charge is 0.475 e. The van der Waals surface area contributed by atoms with Gasteiger partial charge in [0.2, 0.25) is 11.6 Å². The second-order valence-electron chi connectivity index (χ2n) is 4.16. The number of hydrogen-bond donors (Lipinski definition) is 1. The van der Waals surface area contributed by atoms with E-state index in [-0.39, 0.29) is 27.1 Å². The van der Waals surface area contributed by atoms with E-state index < -0.39 is 17.6 Å². The SMILES string of the molecule is CC(C)c1c(C(=O)O)oc2c(F)c(F)cc(Br)c12. The van der Waals surface area contributed by atoms with E-state index in [1.165, 1.54) is 0 Å². The fourth-order valence-electron chi connectivity index (χ4n) is 1.90. The number of benzene rings is 1. The van der Waals surface area contributed by atoms with Gasteiger partial charge in [-0.25, -0.2) is 9.18 Å². The minimum absolute atomic E-state index is 0.196. The highest BCUT2D eigenvalue weighted by molar-refractivity contribution is 9.10. The van der Waals surface area contributed by atoms with Crippen LogP contribution < -0.4 is 0 Å². The van der Waals surface area contributed by atoms with Crippen molar-refractivity contribution in [2.45, 2.75) is 19.8 Å². The van der Waals surface area contributed by atoms with Crippen molar-refractivity contribution in [3.05, 3.63) is 33.5 Å². The Morgan fingerprint density at radius 3 is 2.56 bits per heavy atom. The first-order chi connectivity index (χ1) is 8.34. The summed E-state index contributed by atoms with van der Waals surface area (Å²) < 4.78 is 32.1. The van der Waals surface area contributed by atoms with Gasteiger partial charge < -0.3 is 9.52 Å². The summed E-state index contributed by atoms with van der Waals surface area (Å²) in [4.78, 5) is 11.1. The average Bonchev–Trinajstić information content (AvgIpc) is 2.66. The zero-order valence-electron chi connectivity index (χ0n) is 9.55. The summed E-state index contributed by atoms with van der Waals surface area (Å²) in [6.07, 6.45) is 0. The number of aromatic carboxylic acids is 1. The number of fused-ring (bicyclic) bond motifs is 1. The number of carboxylic acids is 1. The topological polar surface area (TPSA) is 50.4 Å². The van der Waals surface area contributed by atoms with Gasteiger partial charge in [0, 0.05) is 15.4 Å². The highest BCUT2D eigenvalue weighted by atomic mass is 79.9. The molecule has 1 heterocycles. The molecule has 1 aromatic carbocycles. The van der Waals surface area contributed by atoms with Crippen LogP contribution >= 0.6 is 15.9 Å². The molecule has 2 rings (SSSR count). The predicted octanol–water partition coefficient (Wildman–Crippen LogP) is 4.30.